The van der Waals surface area contributed by atoms with Gasteiger partial charge in [0.2, 0.25) is 0 Å². The van der Waals surface area contributed by atoms with Crippen molar-refractivity contribution in [2.24, 2.45) is 0 Å². The maximum absolute atomic E-state index is 13.0. The van der Waals surface area contributed by atoms with Gasteiger partial charge in [0.25, 0.3) is 5.91 Å². The highest BCUT2D eigenvalue weighted by Gasteiger charge is 2.31. The minimum atomic E-state index is -4.55. The number of carbonyl (C=O) groups is 1. The van der Waals surface area contributed by atoms with Crippen LogP contribution in [0.5, 0.6) is 11.5 Å². The molecule has 162 valence electrons. The van der Waals surface area contributed by atoms with Crippen LogP contribution in [0.4, 0.5) is 13.2 Å². The van der Waals surface area contributed by atoms with Gasteiger partial charge < -0.3 is 15.5 Å². The molecule has 0 radical (unpaired) electrons. The fraction of sp³-hybridized carbons (Fsp3) is 0.0417. The van der Waals surface area contributed by atoms with Crippen molar-refractivity contribution in [3.63, 3.8) is 0 Å². The Labute approximate surface area is 184 Å². The number of phenolic OH excluding ortho intramolecular Hbond substituents is 1. The summed E-state index contributed by atoms with van der Waals surface area (Å²) in [5.74, 6) is -1.05. The highest BCUT2D eigenvalue weighted by atomic mass is 32.1. The summed E-state index contributed by atoms with van der Waals surface area (Å²) < 4.78 is 39.3. The summed E-state index contributed by atoms with van der Waals surface area (Å²) in [6, 6.07) is 18.6. The molecule has 0 aliphatic rings. The second kappa shape index (κ2) is 8.39. The van der Waals surface area contributed by atoms with E-state index in [4.69, 9.17) is 0 Å². The quantitative estimate of drug-likeness (QED) is 0.346. The monoisotopic (exact) mass is 455 g/mol. The van der Waals surface area contributed by atoms with Crippen molar-refractivity contribution in [2.45, 2.75) is 6.18 Å². The first kappa shape index (κ1) is 21.5. The minimum absolute atomic E-state index is 0.0271. The van der Waals surface area contributed by atoms with E-state index >= 15 is 0 Å². The molecule has 1 amide bonds. The van der Waals surface area contributed by atoms with Crippen molar-refractivity contribution in [1.29, 1.82) is 0 Å². The Morgan fingerprint density at radius 1 is 0.906 bits per heavy atom. The lowest BCUT2D eigenvalue weighted by molar-refractivity contribution is -0.137. The number of benzene rings is 3. The molecule has 0 aliphatic heterocycles. The van der Waals surface area contributed by atoms with Crippen LogP contribution in [0.3, 0.4) is 0 Å². The van der Waals surface area contributed by atoms with Gasteiger partial charge in [-0.15, -0.1) is 11.3 Å². The van der Waals surface area contributed by atoms with Crippen molar-refractivity contribution in [1.82, 2.24) is 5.32 Å². The maximum atomic E-state index is 13.0. The van der Waals surface area contributed by atoms with E-state index in [1.54, 1.807) is 12.1 Å². The van der Waals surface area contributed by atoms with Gasteiger partial charge in [0.1, 0.15) is 16.4 Å². The number of nitrogens with one attached hydrogen (secondary N) is 1. The number of hydrogen-bond acceptors (Lipinski definition) is 4. The van der Waals surface area contributed by atoms with E-state index in [1.165, 1.54) is 24.4 Å². The summed E-state index contributed by atoms with van der Waals surface area (Å²) in [6.07, 6.45) is -3.09. The summed E-state index contributed by atoms with van der Waals surface area (Å²) in [5, 5.41) is 22.6. The van der Waals surface area contributed by atoms with E-state index in [0.717, 1.165) is 34.6 Å². The zero-order valence-electron chi connectivity index (χ0n) is 16.4. The smallest absolute Gasteiger partial charge is 0.416 e. The van der Waals surface area contributed by atoms with Gasteiger partial charge in [-0.05, 0) is 41.5 Å². The molecule has 0 aliphatic carbocycles. The van der Waals surface area contributed by atoms with E-state index in [2.05, 4.69) is 5.32 Å². The molecule has 4 aromatic rings. The highest BCUT2D eigenvalue weighted by molar-refractivity contribution is 7.21. The van der Waals surface area contributed by atoms with Gasteiger partial charge in [-0.3, -0.25) is 4.79 Å². The lowest BCUT2D eigenvalue weighted by Gasteiger charge is -2.09. The second-order valence-corrected chi connectivity index (χ2v) is 7.99. The number of amides is 1. The van der Waals surface area contributed by atoms with Crippen molar-refractivity contribution >= 4 is 32.9 Å². The first-order valence-corrected chi connectivity index (χ1v) is 10.2. The Bertz CT molecular complexity index is 1310. The van der Waals surface area contributed by atoms with Crippen LogP contribution in [-0.4, -0.2) is 16.1 Å². The maximum Gasteiger partial charge on any atom is 0.416 e. The van der Waals surface area contributed by atoms with Crippen molar-refractivity contribution < 1.29 is 28.2 Å². The molecule has 4 rings (SSSR count). The molecule has 3 aromatic carbocycles. The molecule has 0 atom stereocenters. The second-order valence-electron chi connectivity index (χ2n) is 6.93. The fourth-order valence-electron chi connectivity index (χ4n) is 3.21. The Morgan fingerprint density at radius 2 is 1.56 bits per heavy atom. The van der Waals surface area contributed by atoms with E-state index in [0.29, 0.717) is 10.3 Å². The molecule has 1 aromatic heterocycles. The number of carbonyl (C=O) groups excluding carboxylic acids is 1. The third-order valence-electron chi connectivity index (χ3n) is 4.81. The Balaban J connectivity index is 1.69. The first-order valence-electron chi connectivity index (χ1n) is 9.42. The highest BCUT2D eigenvalue weighted by Crippen LogP contribution is 2.40. The van der Waals surface area contributed by atoms with Crippen molar-refractivity contribution in [3.05, 3.63) is 101 Å². The van der Waals surface area contributed by atoms with Crippen LogP contribution in [0, 0.1) is 0 Å². The summed E-state index contributed by atoms with van der Waals surface area (Å²) in [5.41, 5.74) is 1.28. The molecule has 0 spiro atoms. The summed E-state index contributed by atoms with van der Waals surface area (Å²) in [4.78, 5) is 12.7. The molecule has 32 heavy (non-hydrogen) atoms. The average Bonchev–Trinajstić information content (AvgIpc) is 3.11. The first-order chi connectivity index (χ1) is 15.2. The predicted molar refractivity (Wildman–Crippen MR) is 118 cm³/mol. The number of aromatic hydroxyl groups is 2. The molecule has 0 saturated carbocycles. The number of halogens is 3. The molecule has 0 unspecified atom stereocenters. The SMILES string of the molecule is O=C(NC=C(c1ccccc1)c1ccc(O)cc1)c1sc2ccc(C(F)(F)F)cc2c1O. The summed E-state index contributed by atoms with van der Waals surface area (Å²) in [6.45, 7) is 0. The summed E-state index contributed by atoms with van der Waals surface area (Å²) in [7, 11) is 0. The van der Waals surface area contributed by atoms with Crippen LogP contribution in [0.15, 0.2) is 79.0 Å². The van der Waals surface area contributed by atoms with Gasteiger partial charge in [-0.2, -0.15) is 13.2 Å². The van der Waals surface area contributed by atoms with Gasteiger partial charge in [0.15, 0.2) is 0 Å². The lowest BCUT2D eigenvalue weighted by atomic mass is 9.99. The molecular weight excluding hydrogens is 439 g/mol. The van der Waals surface area contributed by atoms with Crippen LogP contribution in [0.1, 0.15) is 26.4 Å². The van der Waals surface area contributed by atoms with Gasteiger partial charge in [0, 0.05) is 21.9 Å². The van der Waals surface area contributed by atoms with Crippen LogP contribution < -0.4 is 5.32 Å². The molecule has 4 nitrogen and oxygen atoms in total. The van der Waals surface area contributed by atoms with E-state index in [1.807, 2.05) is 30.3 Å². The van der Waals surface area contributed by atoms with Gasteiger partial charge in [0.05, 0.1) is 5.56 Å². The number of alkyl halides is 3. The van der Waals surface area contributed by atoms with Crippen LogP contribution in [0.2, 0.25) is 0 Å². The van der Waals surface area contributed by atoms with Crippen LogP contribution in [0.25, 0.3) is 15.7 Å². The Morgan fingerprint density at radius 3 is 2.22 bits per heavy atom. The third kappa shape index (κ3) is 4.31. The van der Waals surface area contributed by atoms with Gasteiger partial charge >= 0.3 is 6.18 Å². The number of rotatable bonds is 4. The number of thiophene rings is 1. The lowest BCUT2D eigenvalue weighted by Crippen LogP contribution is -2.16. The standard InChI is InChI=1S/C24H16F3NO3S/c25-24(26,27)16-8-11-20-18(12-16)21(30)22(32-20)23(31)28-13-19(14-4-2-1-3-5-14)15-6-9-17(29)10-7-15/h1-13,29-30H,(H,28,31). The molecule has 1 heterocycles. The zero-order chi connectivity index (χ0) is 22.9. The largest absolute Gasteiger partial charge is 0.508 e. The molecule has 0 fully saturated rings. The third-order valence-corrected chi connectivity index (χ3v) is 5.96. The normalized spacial score (nSPS) is 12.2. The van der Waals surface area contributed by atoms with E-state index in [9.17, 15) is 28.2 Å². The molecular formula is C24H16F3NO3S. The van der Waals surface area contributed by atoms with Crippen LogP contribution >= 0.6 is 11.3 Å². The number of fused-ring (bicyclic) bond motifs is 1. The Hall–Kier alpha value is -3.78. The minimum Gasteiger partial charge on any atom is -0.508 e. The molecule has 3 N–H and O–H groups in total. The zero-order valence-corrected chi connectivity index (χ0v) is 17.2. The fourth-order valence-corrected chi connectivity index (χ4v) is 4.19. The number of hydrogen-bond donors (Lipinski definition) is 3. The van der Waals surface area contributed by atoms with Gasteiger partial charge in [-0.25, -0.2) is 0 Å². The number of phenols is 1. The summed E-state index contributed by atoms with van der Waals surface area (Å²) >= 11 is 0.905. The van der Waals surface area contributed by atoms with E-state index in [-0.39, 0.29) is 16.0 Å². The van der Waals surface area contributed by atoms with Crippen molar-refractivity contribution in [2.75, 3.05) is 0 Å². The molecule has 0 bridgehead atoms. The topological polar surface area (TPSA) is 69.6 Å². The van der Waals surface area contributed by atoms with Crippen LogP contribution in [-0.2, 0) is 6.18 Å². The molecule has 8 heteroatoms. The van der Waals surface area contributed by atoms with Gasteiger partial charge in [-0.1, -0.05) is 42.5 Å². The predicted octanol–water partition coefficient (Wildman–Crippen LogP) is 6.15. The van der Waals surface area contributed by atoms with Crippen molar-refractivity contribution in [3.8, 4) is 11.5 Å². The average molecular weight is 455 g/mol. The molecule has 0 saturated heterocycles. The van der Waals surface area contributed by atoms with E-state index < -0.39 is 23.4 Å². The Kier molecular flexibility index (Phi) is 5.63.